The van der Waals surface area contributed by atoms with E-state index in [1.165, 1.54) is 0 Å². The normalized spacial score (nSPS) is 16.9. The van der Waals surface area contributed by atoms with Crippen LogP contribution in [0.25, 0.3) is 11.4 Å². The van der Waals surface area contributed by atoms with Gasteiger partial charge in [0.1, 0.15) is 6.04 Å². The maximum absolute atomic E-state index is 13.2. The molecule has 0 radical (unpaired) electrons. The van der Waals surface area contributed by atoms with Crippen molar-refractivity contribution < 1.29 is 14.1 Å². The van der Waals surface area contributed by atoms with Gasteiger partial charge in [0.2, 0.25) is 11.7 Å². The van der Waals surface area contributed by atoms with Crippen LogP contribution in [0, 0.1) is 13.8 Å². The fourth-order valence-electron chi connectivity index (χ4n) is 3.73. The summed E-state index contributed by atoms with van der Waals surface area (Å²) in [6, 6.07) is 9.24. The van der Waals surface area contributed by atoms with E-state index in [1.54, 1.807) is 4.90 Å². The lowest BCUT2D eigenvalue weighted by Crippen LogP contribution is -2.44. The zero-order chi connectivity index (χ0) is 20.4. The Morgan fingerprint density at radius 3 is 2.76 bits per heavy atom. The molecule has 0 bridgehead atoms. The molecule has 8 nitrogen and oxygen atoms in total. The highest BCUT2D eigenvalue weighted by Gasteiger charge is 2.33. The topological polar surface area (TPSA) is 86.3 Å². The fraction of sp³-hybridized carbons (Fsp3) is 0.429. The van der Waals surface area contributed by atoms with Gasteiger partial charge in [0.25, 0.3) is 5.89 Å². The fourth-order valence-corrected chi connectivity index (χ4v) is 3.73. The summed E-state index contributed by atoms with van der Waals surface area (Å²) in [7, 11) is 0. The van der Waals surface area contributed by atoms with Gasteiger partial charge in [-0.2, -0.15) is 10.1 Å². The van der Waals surface area contributed by atoms with Crippen LogP contribution < -0.4 is 0 Å². The summed E-state index contributed by atoms with van der Waals surface area (Å²) in [5.74, 6) is 0.920. The molecular formula is C21H25N5O3. The van der Waals surface area contributed by atoms with E-state index in [0.29, 0.717) is 37.9 Å². The molecule has 2 aromatic heterocycles. The molecule has 0 saturated carbocycles. The first kappa shape index (κ1) is 19.3. The highest BCUT2D eigenvalue weighted by atomic mass is 16.5. The van der Waals surface area contributed by atoms with Gasteiger partial charge in [-0.1, -0.05) is 35.5 Å². The van der Waals surface area contributed by atoms with E-state index in [9.17, 15) is 4.79 Å². The molecule has 0 spiro atoms. The summed E-state index contributed by atoms with van der Waals surface area (Å²) in [6.07, 6.45) is 0.299. The van der Waals surface area contributed by atoms with E-state index >= 15 is 0 Å². The number of carbonyl (C=O) groups is 1. The molecule has 1 amide bonds. The molecular weight excluding hydrogens is 370 g/mol. The third-order valence-corrected chi connectivity index (χ3v) is 5.37. The van der Waals surface area contributed by atoms with E-state index < -0.39 is 0 Å². The van der Waals surface area contributed by atoms with Gasteiger partial charge < -0.3 is 14.2 Å². The average Bonchev–Trinajstić information content (AvgIpc) is 3.35. The van der Waals surface area contributed by atoms with Gasteiger partial charge >= 0.3 is 0 Å². The molecule has 4 rings (SSSR count). The second-order valence-corrected chi connectivity index (χ2v) is 7.14. The van der Waals surface area contributed by atoms with Crippen molar-refractivity contribution in [3.63, 3.8) is 0 Å². The van der Waals surface area contributed by atoms with E-state index in [4.69, 9.17) is 9.26 Å². The van der Waals surface area contributed by atoms with Crippen LogP contribution in [0.3, 0.4) is 0 Å². The molecule has 1 aromatic carbocycles. The van der Waals surface area contributed by atoms with Crippen molar-refractivity contribution in [3.05, 3.63) is 53.2 Å². The number of aryl methyl sites for hydroxylation is 2. The Balaban J connectivity index is 1.56. The van der Waals surface area contributed by atoms with Crippen LogP contribution in [0.1, 0.15) is 35.8 Å². The Labute approximate surface area is 169 Å². The number of carbonyl (C=O) groups excluding carboxylic acids is 1. The first-order valence-electron chi connectivity index (χ1n) is 9.87. The summed E-state index contributed by atoms with van der Waals surface area (Å²) >= 11 is 0. The molecule has 1 aliphatic heterocycles. The number of hydrogen-bond acceptors (Lipinski definition) is 6. The quantitative estimate of drug-likeness (QED) is 0.660. The van der Waals surface area contributed by atoms with Crippen molar-refractivity contribution >= 4 is 5.91 Å². The second kappa shape index (κ2) is 8.16. The summed E-state index contributed by atoms with van der Waals surface area (Å²) in [5, 5.41) is 8.61. The van der Waals surface area contributed by atoms with Crippen LogP contribution in [-0.2, 0) is 22.5 Å². The molecule has 1 unspecified atom stereocenters. The summed E-state index contributed by atoms with van der Waals surface area (Å²) in [6.45, 7) is 8.11. The predicted molar refractivity (Wildman–Crippen MR) is 106 cm³/mol. The molecule has 8 heteroatoms. The lowest BCUT2D eigenvalue weighted by Gasteiger charge is -2.33. The first-order chi connectivity index (χ1) is 14.1. The van der Waals surface area contributed by atoms with E-state index in [1.807, 2.05) is 55.8 Å². The lowest BCUT2D eigenvalue weighted by molar-refractivity contribution is -0.140. The van der Waals surface area contributed by atoms with Crippen LogP contribution in [0.5, 0.6) is 0 Å². The van der Waals surface area contributed by atoms with Crippen LogP contribution in [0.4, 0.5) is 0 Å². The van der Waals surface area contributed by atoms with E-state index in [-0.39, 0.29) is 11.9 Å². The first-order valence-corrected chi connectivity index (χ1v) is 9.87. The Morgan fingerprint density at radius 2 is 2.03 bits per heavy atom. The molecule has 1 atom stereocenters. The van der Waals surface area contributed by atoms with Gasteiger partial charge in [0, 0.05) is 29.9 Å². The van der Waals surface area contributed by atoms with Crippen molar-refractivity contribution in [2.24, 2.45) is 0 Å². The van der Waals surface area contributed by atoms with Crippen LogP contribution >= 0.6 is 0 Å². The van der Waals surface area contributed by atoms with Gasteiger partial charge in [0.05, 0.1) is 25.3 Å². The van der Waals surface area contributed by atoms with Gasteiger partial charge in [-0.3, -0.25) is 9.48 Å². The summed E-state index contributed by atoms with van der Waals surface area (Å²) in [4.78, 5) is 19.5. The molecule has 29 heavy (non-hydrogen) atoms. The van der Waals surface area contributed by atoms with Gasteiger partial charge in [0.15, 0.2) is 0 Å². The SMILES string of the molecule is CCn1nc(C)c(CC(=O)N2CCOCC2c2nc(-c3ccccc3)no2)c1C. The second-order valence-electron chi connectivity index (χ2n) is 7.14. The van der Waals surface area contributed by atoms with Gasteiger partial charge in [-0.05, 0) is 20.8 Å². The van der Waals surface area contributed by atoms with E-state index in [2.05, 4.69) is 15.2 Å². The highest BCUT2D eigenvalue weighted by Crippen LogP contribution is 2.27. The van der Waals surface area contributed by atoms with E-state index in [0.717, 1.165) is 29.1 Å². The number of ether oxygens (including phenoxy) is 1. The largest absolute Gasteiger partial charge is 0.377 e. The van der Waals surface area contributed by atoms with Gasteiger partial charge in [-0.15, -0.1) is 0 Å². The number of benzene rings is 1. The Bertz CT molecular complexity index is 995. The minimum Gasteiger partial charge on any atom is -0.377 e. The smallest absolute Gasteiger partial charge is 0.252 e. The Morgan fingerprint density at radius 1 is 1.24 bits per heavy atom. The number of rotatable bonds is 5. The number of aromatic nitrogens is 4. The summed E-state index contributed by atoms with van der Waals surface area (Å²) in [5.41, 5.74) is 3.78. The maximum atomic E-state index is 13.2. The van der Waals surface area contributed by atoms with Crippen molar-refractivity contribution in [1.82, 2.24) is 24.8 Å². The molecule has 0 N–H and O–H groups in total. The van der Waals surface area contributed by atoms with Crippen LogP contribution in [-0.4, -0.2) is 50.5 Å². The van der Waals surface area contributed by atoms with Crippen LogP contribution in [0.2, 0.25) is 0 Å². The zero-order valence-electron chi connectivity index (χ0n) is 17.0. The molecule has 1 fully saturated rings. The molecule has 152 valence electrons. The van der Waals surface area contributed by atoms with Gasteiger partial charge in [-0.25, -0.2) is 0 Å². The minimum absolute atomic E-state index is 0.0135. The standard InChI is InChI=1S/C21H25N5O3/c1-4-26-15(3)17(14(2)23-26)12-19(27)25-10-11-28-13-18(25)21-22-20(24-29-21)16-8-6-5-7-9-16/h5-9,18H,4,10-13H2,1-3H3. The third kappa shape index (κ3) is 3.80. The van der Waals surface area contributed by atoms with Crippen molar-refractivity contribution in [2.45, 2.75) is 39.8 Å². The predicted octanol–water partition coefficient (Wildman–Crippen LogP) is 2.71. The summed E-state index contributed by atoms with van der Waals surface area (Å²) < 4.78 is 13.0. The molecule has 1 saturated heterocycles. The minimum atomic E-state index is -0.386. The molecule has 3 heterocycles. The highest BCUT2D eigenvalue weighted by molar-refractivity contribution is 5.79. The monoisotopic (exact) mass is 395 g/mol. The zero-order valence-corrected chi connectivity index (χ0v) is 17.0. The number of hydrogen-bond donors (Lipinski definition) is 0. The molecule has 1 aliphatic rings. The lowest BCUT2D eigenvalue weighted by atomic mass is 10.1. The number of amides is 1. The third-order valence-electron chi connectivity index (χ3n) is 5.37. The average molecular weight is 395 g/mol. The van der Waals surface area contributed by atoms with Crippen LogP contribution in [0.15, 0.2) is 34.9 Å². The molecule has 3 aromatic rings. The Hall–Kier alpha value is -3.00. The molecule has 0 aliphatic carbocycles. The number of morpholine rings is 1. The van der Waals surface area contributed by atoms with Crippen molar-refractivity contribution in [1.29, 1.82) is 0 Å². The van der Waals surface area contributed by atoms with Crippen molar-refractivity contribution in [2.75, 3.05) is 19.8 Å². The maximum Gasteiger partial charge on any atom is 0.252 e. The number of nitrogens with zero attached hydrogens (tertiary/aromatic N) is 5. The van der Waals surface area contributed by atoms with Crippen molar-refractivity contribution in [3.8, 4) is 11.4 Å². The Kier molecular flexibility index (Phi) is 5.44.